The lowest BCUT2D eigenvalue weighted by molar-refractivity contribution is 0.0684. The number of H-pyrrole nitrogens is 1. The minimum Gasteiger partial charge on any atom is -0.496 e. The highest BCUT2D eigenvalue weighted by atomic mass is 16.5. The summed E-state index contributed by atoms with van der Waals surface area (Å²) in [5.41, 5.74) is 3.16. The van der Waals surface area contributed by atoms with E-state index in [-0.39, 0.29) is 5.82 Å². The first-order chi connectivity index (χ1) is 8.52. The van der Waals surface area contributed by atoms with Gasteiger partial charge in [-0.15, -0.1) is 0 Å². The van der Waals surface area contributed by atoms with Crippen molar-refractivity contribution in [2.45, 2.75) is 13.8 Å². The van der Waals surface area contributed by atoms with Gasteiger partial charge in [0, 0.05) is 11.3 Å². The Morgan fingerprint density at radius 1 is 1.39 bits per heavy atom. The number of carbonyl (C=O) groups is 1. The number of carboxylic acids is 1. The quantitative estimate of drug-likeness (QED) is 0.872. The second-order valence-electron chi connectivity index (χ2n) is 4.07. The van der Waals surface area contributed by atoms with Crippen LogP contribution in [0.25, 0.3) is 11.3 Å². The third-order valence-corrected chi connectivity index (χ3v) is 2.70. The lowest BCUT2D eigenvalue weighted by Crippen LogP contribution is -1.98. The van der Waals surface area contributed by atoms with Gasteiger partial charge >= 0.3 is 5.97 Å². The van der Waals surface area contributed by atoms with Crippen LogP contribution in [0.2, 0.25) is 0 Å². The summed E-state index contributed by atoms with van der Waals surface area (Å²) in [5, 5.41) is 8.93. The number of ether oxygens (including phenoxy) is 1. The largest absolute Gasteiger partial charge is 0.496 e. The molecule has 0 atom stereocenters. The standard InChI is InChI=1S/C13H14N2O3/c1-7-4-5-10(18-3)9(6-7)11-8(2)14-12(15-11)13(16)17/h4-6H,1-3H3,(H,14,15)(H,16,17). The molecule has 0 spiro atoms. The van der Waals surface area contributed by atoms with Crippen molar-refractivity contribution in [1.29, 1.82) is 0 Å². The van der Waals surface area contributed by atoms with Crippen LogP contribution in [0.3, 0.4) is 0 Å². The van der Waals surface area contributed by atoms with Crippen LogP contribution < -0.4 is 4.74 Å². The van der Waals surface area contributed by atoms with Crippen LogP contribution >= 0.6 is 0 Å². The zero-order chi connectivity index (χ0) is 13.3. The summed E-state index contributed by atoms with van der Waals surface area (Å²) in [6.45, 7) is 3.75. The number of aryl methyl sites for hydroxylation is 2. The maximum atomic E-state index is 10.9. The molecule has 0 amide bonds. The summed E-state index contributed by atoms with van der Waals surface area (Å²) in [5.74, 6) is -0.464. The normalized spacial score (nSPS) is 10.4. The van der Waals surface area contributed by atoms with Crippen molar-refractivity contribution in [2.75, 3.05) is 7.11 Å². The van der Waals surface area contributed by atoms with Crippen LogP contribution in [-0.2, 0) is 0 Å². The molecule has 94 valence electrons. The number of nitrogens with one attached hydrogen (secondary N) is 1. The molecule has 0 aliphatic carbocycles. The first-order valence-corrected chi connectivity index (χ1v) is 5.48. The maximum absolute atomic E-state index is 10.9. The highest BCUT2D eigenvalue weighted by Crippen LogP contribution is 2.31. The fourth-order valence-electron chi connectivity index (χ4n) is 1.83. The average molecular weight is 246 g/mol. The van der Waals surface area contributed by atoms with Gasteiger partial charge in [-0.2, -0.15) is 0 Å². The first kappa shape index (κ1) is 12.2. The van der Waals surface area contributed by atoms with Gasteiger partial charge in [-0.25, -0.2) is 9.78 Å². The molecule has 2 rings (SSSR count). The number of nitrogens with zero attached hydrogens (tertiary/aromatic N) is 1. The summed E-state index contributed by atoms with van der Waals surface area (Å²) in [7, 11) is 1.58. The van der Waals surface area contributed by atoms with Gasteiger partial charge in [0.1, 0.15) is 5.75 Å². The third-order valence-electron chi connectivity index (χ3n) is 2.70. The number of methoxy groups -OCH3 is 1. The number of carboxylic acid groups (broad SMARTS) is 1. The Labute approximate surface area is 104 Å². The van der Waals surface area contributed by atoms with Crippen molar-refractivity contribution in [2.24, 2.45) is 0 Å². The molecule has 0 aliphatic heterocycles. The number of aromatic nitrogens is 2. The molecule has 0 fully saturated rings. The molecule has 5 heteroatoms. The Hall–Kier alpha value is -2.30. The van der Waals surface area contributed by atoms with Gasteiger partial charge in [-0.05, 0) is 26.0 Å². The van der Waals surface area contributed by atoms with Gasteiger partial charge in [0.15, 0.2) is 0 Å². The van der Waals surface area contributed by atoms with Crippen molar-refractivity contribution < 1.29 is 14.6 Å². The number of aromatic amines is 1. The Kier molecular flexibility index (Phi) is 3.06. The van der Waals surface area contributed by atoms with Gasteiger partial charge in [0.25, 0.3) is 0 Å². The van der Waals surface area contributed by atoms with Crippen molar-refractivity contribution in [3.05, 3.63) is 35.3 Å². The lowest BCUT2D eigenvalue weighted by atomic mass is 10.1. The van der Waals surface area contributed by atoms with E-state index >= 15 is 0 Å². The third kappa shape index (κ3) is 2.07. The zero-order valence-electron chi connectivity index (χ0n) is 10.4. The Bertz CT molecular complexity index is 602. The van der Waals surface area contributed by atoms with E-state index in [0.717, 1.165) is 11.1 Å². The molecule has 2 N–H and O–H groups in total. The number of imidazole rings is 1. The molecule has 1 aromatic carbocycles. The first-order valence-electron chi connectivity index (χ1n) is 5.48. The summed E-state index contributed by atoms with van der Waals surface area (Å²) in [6.07, 6.45) is 0. The van der Waals surface area contributed by atoms with E-state index < -0.39 is 5.97 Å². The predicted molar refractivity (Wildman–Crippen MR) is 67.0 cm³/mol. The minimum atomic E-state index is -1.07. The van der Waals surface area contributed by atoms with Crippen LogP contribution in [0.5, 0.6) is 5.75 Å². The van der Waals surface area contributed by atoms with Crippen LogP contribution in [-0.4, -0.2) is 28.2 Å². The van der Waals surface area contributed by atoms with Crippen LogP contribution in [0.1, 0.15) is 21.9 Å². The molecule has 18 heavy (non-hydrogen) atoms. The topological polar surface area (TPSA) is 75.2 Å². The fraction of sp³-hybridized carbons (Fsp3) is 0.231. The Balaban J connectivity index is 2.60. The number of hydrogen-bond donors (Lipinski definition) is 2. The molecular formula is C13H14N2O3. The Morgan fingerprint density at radius 3 is 2.67 bits per heavy atom. The Morgan fingerprint density at radius 2 is 2.11 bits per heavy atom. The SMILES string of the molecule is COc1ccc(C)cc1-c1nc(C(=O)O)[nH]c1C. The van der Waals surface area contributed by atoms with Crippen molar-refractivity contribution in [1.82, 2.24) is 9.97 Å². The molecule has 1 aromatic heterocycles. The van der Waals surface area contributed by atoms with E-state index in [2.05, 4.69) is 9.97 Å². The van der Waals surface area contributed by atoms with Gasteiger partial charge in [0.2, 0.25) is 5.82 Å². The van der Waals surface area contributed by atoms with Crippen molar-refractivity contribution in [3.63, 3.8) is 0 Å². The molecule has 2 aromatic rings. The van der Waals surface area contributed by atoms with Crippen molar-refractivity contribution >= 4 is 5.97 Å². The van der Waals surface area contributed by atoms with Gasteiger partial charge in [-0.3, -0.25) is 0 Å². The molecular weight excluding hydrogens is 232 g/mol. The summed E-state index contributed by atoms with van der Waals surface area (Å²) >= 11 is 0. The summed E-state index contributed by atoms with van der Waals surface area (Å²) in [6, 6.07) is 5.70. The molecule has 1 heterocycles. The molecule has 0 radical (unpaired) electrons. The number of benzene rings is 1. The van der Waals surface area contributed by atoms with E-state index in [1.165, 1.54) is 0 Å². The maximum Gasteiger partial charge on any atom is 0.371 e. The van der Waals surface area contributed by atoms with Gasteiger partial charge < -0.3 is 14.8 Å². The fourth-order valence-corrected chi connectivity index (χ4v) is 1.83. The summed E-state index contributed by atoms with van der Waals surface area (Å²) in [4.78, 5) is 17.7. The molecule has 0 unspecified atom stereocenters. The second kappa shape index (κ2) is 4.52. The van der Waals surface area contributed by atoms with Crippen molar-refractivity contribution in [3.8, 4) is 17.0 Å². The molecule has 5 nitrogen and oxygen atoms in total. The predicted octanol–water partition coefficient (Wildman–Crippen LogP) is 2.40. The van der Waals surface area contributed by atoms with Gasteiger partial charge in [-0.1, -0.05) is 11.6 Å². The average Bonchev–Trinajstić information content (AvgIpc) is 2.71. The minimum absolute atomic E-state index is 0.0638. The molecule has 0 aliphatic rings. The second-order valence-corrected chi connectivity index (χ2v) is 4.07. The van der Waals surface area contributed by atoms with Crippen LogP contribution in [0.15, 0.2) is 18.2 Å². The number of rotatable bonds is 3. The van der Waals surface area contributed by atoms with Crippen LogP contribution in [0, 0.1) is 13.8 Å². The van der Waals surface area contributed by atoms with E-state index in [9.17, 15) is 4.79 Å². The molecule has 0 saturated heterocycles. The highest BCUT2D eigenvalue weighted by molar-refractivity contribution is 5.85. The summed E-state index contributed by atoms with van der Waals surface area (Å²) < 4.78 is 5.28. The number of hydrogen-bond acceptors (Lipinski definition) is 3. The highest BCUT2D eigenvalue weighted by Gasteiger charge is 2.16. The van der Waals surface area contributed by atoms with Crippen LogP contribution in [0.4, 0.5) is 0 Å². The molecule has 0 saturated carbocycles. The number of aromatic carboxylic acids is 1. The van der Waals surface area contributed by atoms with E-state index in [4.69, 9.17) is 9.84 Å². The monoisotopic (exact) mass is 246 g/mol. The van der Waals surface area contributed by atoms with Gasteiger partial charge in [0.05, 0.1) is 12.8 Å². The smallest absolute Gasteiger partial charge is 0.371 e. The van der Waals surface area contributed by atoms with E-state index in [1.54, 1.807) is 14.0 Å². The van der Waals surface area contributed by atoms with E-state index in [1.807, 2.05) is 25.1 Å². The lowest BCUT2D eigenvalue weighted by Gasteiger charge is -2.07. The zero-order valence-corrected chi connectivity index (χ0v) is 10.4. The van der Waals surface area contributed by atoms with E-state index in [0.29, 0.717) is 17.1 Å². The molecule has 0 bridgehead atoms.